The zero-order valence-corrected chi connectivity index (χ0v) is 12.4. The summed E-state index contributed by atoms with van der Waals surface area (Å²) in [4.78, 5) is 32.7. The minimum atomic E-state index is -1.09. The Morgan fingerprint density at radius 1 is 1.19 bits per heavy atom. The first kappa shape index (κ1) is 17.0. The lowest BCUT2D eigenvalue weighted by Gasteiger charge is -2.13. The first-order valence-corrected chi connectivity index (χ1v) is 7.42. The van der Waals surface area contributed by atoms with E-state index in [1.807, 2.05) is 12.1 Å². The van der Waals surface area contributed by atoms with Crippen LogP contribution in [0.3, 0.4) is 0 Å². The summed E-state index contributed by atoms with van der Waals surface area (Å²) in [7, 11) is 0. The quantitative estimate of drug-likeness (QED) is 0.665. The molecule has 0 bridgehead atoms. The first-order chi connectivity index (χ1) is 9.90. The number of carbonyl (C=O) groups excluding carboxylic acids is 1. The van der Waals surface area contributed by atoms with Crippen LogP contribution in [-0.2, 0) is 26.6 Å². The van der Waals surface area contributed by atoms with Gasteiger partial charge < -0.3 is 15.5 Å². The average Bonchev–Trinajstić information content (AvgIpc) is 2.38. The molecule has 0 spiro atoms. The number of rotatable bonds is 8. The Bertz CT molecular complexity index is 532. The molecule has 114 valence electrons. The van der Waals surface area contributed by atoms with Gasteiger partial charge >= 0.3 is 11.9 Å². The van der Waals surface area contributed by atoms with Crippen molar-refractivity contribution in [2.24, 2.45) is 0 Å². The third kappa shape index (κ3) is 6.31. The summed E-state index contributed by atoms with van der Waals surface area (Å²) in [5.41, 5.74) is 1.57. The van der Waals surface area contributed by atoms with E-state index in [1.165, 1.54) is 18.7 Å². The van der Waals surface area contributed by atoms with Gasteiger partial charge in [0.15, 0.2) is 0 Å². The third-order valence-corrected chi connectivity index (χ3v) is 3.76. The molecule has 0 saturated heterocycles. The molecular formula is C14H17NO5S. The second kappa shape index (κ2) is 8.31. The largest absolute Gasteiger partial charge is 0.481 e. The van der Waals surface area contributed by atoms with Crippen molar-refractivity contribution in [3.05, 3.63) is 35.4 Å². The van der Waals surface area contributed by atoms with E-state index in [0.717, 1.165) is 5.56 Å². The van der Waals surface area contributed by atoms with Crippen LogP contribution >= 0.6 is 11.8 Å². The highest BCUT2D eigenvalue weighted by atomic mass is 32.2. The summed E-state index contributed by atoms with van der Waals surface area (Å²) in [6.07, 6.45) is -0.0647. The molecule has 6 nitrogen and oxygen atoms in total. The standard InChI is InChI=1S/C14H17NO5S/c1-9(16)15-12(14(19)20)8-21-7-11-5-3-2-4-10(11)6-13(17)18/h2-5,12H,6-8H2,1H3,(H,15,16)(H,17,18)(H,19,20)/t12-/m0/s1. The maximum absolute atomic E-state index is 11.0. The van der Waals surface area contributed by atoms with Gasteiger partial charge in [-0.2, -0.15) is 11.8 Å². The predicted molar refractivity (Wildman–Crippen MR) is 79.2 cm³/mol. The van der Waals surface area contributed by atoms with Gasteiger partial charge in [-0.15, -0.1) is 0 Å². The Hall–Kier alpha value is -2.02. The van der Waals surface area contributed by atoms with Gasteiger partial charge in [0.1, 0.15) is 6.04 Å². The maximum atomic E-state index is 11.0. The lowest BCUT2D eigenvalue weighted by Crippen LogP contribution is -2.41. The molecule has 0 unspecified atom stereocenters. The van der Waals surface area contributed by atoms with E-state index in [2.05, 4.69) is 5.32 Å². The van der Waals surface area contributed by atoms with Gasteiger partial charge in [-0.05, 0) is 11.1 Å². The van der Waals surface area contributed by atoms with Crippen molar-refractivity contribution < 1.29 is 24.6 Å². The molecule has 0 aromatic heterocycles. The van der Waals surface area contributed by atoms with Gasteiger partial charge in [0.25, 0.3) is 0 Å². The fourth-order valence-electron chi connectivity index (χ4n) is 1.74. The second-order valence-electron chi connectivity index (χ2n) is 4.45. The zero-order valence-electron chi connectivity index (χ0n) is 11.5. The molecule has 0 heterocycles. The number of carboxylic acid groups (broad SMARTS) is 2. The molecule has 21 heavy (non-hydrogen) atoms. The highest BCUT2D eigenvalue weighted by Gasteiger charge is 2.18. The summed E-state index contributed by atoms with van der Waals surface area (Å²) in [5.74, 6) is -1.68. The molecule has 1 aromatic rings. The van der Waals surface area contributed by atoms with Crippen LogP contribution in [-0.4, -0.2) is 39.9 Å². The molecule has 0 fully saturated rings. The Labute approximate surface area is 126 Å². The van der Waals surface area contributed by atoms with Crippen LogP contribution < -0.4 is 5.32 Å². The smallest absolute Gasteiger partial charge is 0.327 e. The van der Waals surface area contributed by atoms with Crippen molar-refractivity contribution in [1.29, 1.82) is 0 Å². The molecule has 7 heteroatoms. The van der Waals surface area contributed by atoms with Crippen LogP contribution in [0.5, 0.6) is 0 Å². The number of hydrogen-bond donors (Lipinski definition) is 3. The maximum Gasteiger partial charge on any atom is 0.327 e. The van der Waals surface area contributed by atoms with Crippen LogP contribution in [0, 0.1) is 0 Å². The predicted octanol–water partition coefficient (Wildman–Crippen LogP) is 1.14. The van der Waals surface area contributed by atoms with Crippen LogP contribution in [0.1, 0.15) is 18.1 Å². The molecule has 0 aliphatic heterocycles. The lowest BCUT2D eigenvalue weighted by atomic mass is 10.1. The number of thioether (sulfide) groups is 1. The zero-order chi connectivity index (χ0) is 15.8. The van der Waals surface area contributed by atoms with Crippen molar-refractivity contribution in [2.45, 2.75) is 25.1 Å². The van der Waals surface area contributed by atoms with Crippen molar-refractivity contribution in [3.63, 3.8) is 0 Å². The summed E-state index contributed by atoms with van der Waals surface area (Å²) >= 11 is 1.34. The van der Waals surface area contributed by atoms with E-state index in [4.69, 9.17) is 10.2 Å². The van der Waals surface area contributed by atoms with E-state index in [9.17, 15) is 14.4 Å². The highest BCUT2D eigenvalue weighted by Crippen LogP contribution is 2.18. The van der Waals surface area contributed by atoms with Gasteiger partial charge in [-0.25, -0.2) is 4.79 Å². The topological polar surface area (TPSA) is 104 Å². The van der Waals surface area contributed by atoms with E-state index in [0.29, 0.717) is 11.3 Å². The van der Waals surface area contributed by atoms with Gasteiger partial charge in [-0.1, -0.05) is 24.3 Å². The van der Waals surface area contributed by atoms with Crippen LogP contribution in [0.25, 0.3) is 0 Å². The Morgan fingerprint density at radius 3 is 2.33 bits per heavy atom. The number of carboxylic acids is 2. The molecule has 1 amide bonds. The molecule has 0 radical (unpaired) electrons. The van der Waals surface area contributed by atoms with Crippen LogP contribution in [0.2, 0.25) is 0 Å². The molecular weight excluding hydrogens is 294 g/mol. The number of amides is 1. The summed E-state index contributed by atoms with van der Waals surface area (Å²) in [6.45, 7) is 1.27. The molecule has 0 aliphatic carbocycles. The number of nitrogens with one attached hydrogen (secondary N) is 1. The van der Waals surface area contributed by atoms with Crippen LogP contribution in [0.4, 0.5) is 0 Å². The van der Waals surface area contributed by atoms with E-state index in [1.54, 1.807) is 12.1 Å². The summed E-state index contributed by atoms with van der Waals surface area (Å²) in [6, 6.07) is 6.19. The van der Waals surface area contributed by atoms with Crippen molar-refractivity contribution in [1.82, 2.24) is 5.32 Å². The monoisotopic (exact) mass is 311 g/mol. The number of benzene rings is 1. The van der Waals surface area contributed by atoms with E-state index < -0.39 is 23.9 Å². The van der Waals surface area contributed by atoms with Crippen molar-refractivity contribution in [3.8, 4) is 0 Å². The molecule has 3 N–H and O–H groups in total. The van der Waals surface area contributed by atoms with Crippen molar-refractivity contribution in [2.75, 3.05) is 5.75 Å². The molecule has 0 aliphatic rings. The number of hydrogen-bond acceptors (Lipinski definition) is 4. The Balaban J connectivity index is 2.60. The minimum absolute atomic E-state index is 0.0647. The first-order valence-electron chi connectivity index (χ1n) is 6.26. The Morgan fingerprint density at radius 2 is 1.81 bits per heavy atom. The third-order valence-electron chi connectivity index (χ3n) is 2.68. The molecule has 1 rings (SSSR count). The SMILES string of the molecule is CC(=O)N[C@@H](CSCc1ccccc1CC(=O)O)C(=O)O. The summed E-state index contributed by atoms with van der Waals surface area (Å²) < 4.78 is 0. The summed E-state index contributed by atoms with van der Waals surface area (Å²) in [5, 5.41) is 20.2. The minimum Gasteiger partial charge on any atom is -0.481 e. The molecule has 1 atom stereocenters. The second-order valence-corrected chi connectivity index (χ2v) is 5.48. The van der Waals surface area contributed by atoms with E-state index in [-0.39, 0.29) is 12.2 Å². The average molecular weight is 311 g/mol. The van der Waals surface area contributed by atoms with Gasteiger partial charge in [0.05, 0.1) is 6.42 Å². The van der Waals surface area contributed by atoms with Crippen molar-refractivity contribution >= 4 is 29.6 Å². The molecule has 1 aromatic carbocycles. The lowest BCUT2D eigenvalue weighted by molar-refractivity contribution is -0.140. The highest BCUT2D eigenvalue weighted by molar-refractivity contribution is 7.98. The number of aliphatic carboxylic acids is 2. The van der Waals surface area contributed by atoms with Gasteiger partial charge in [0.2, 0.25) is 5.91 Å². The fourth-order valence-corrected chi connectivity index (χ4v) is 2.82. The molecule has 0 saturated carbocycles. The van der Waals surface area contributed by atoms with Gasteiger partial charge in [0, 0.05) is 18.4 Å². The number of carbonyl (C=O) groups is 3. The van der Waals surface area contributed by atoms with Gasteiger partial charge in [-0.3, -0.25) is 9.59 Å². The van der Waals surface area contributed by atoms with Crippen LogP contribution in [0.15, 0.2) is 24.3 Å². The fraction of sp³-hybridized carbons (Fsp3) is 0.357. The Kier molecular flexibility index (Phi) is 6.74. The van der Waals surface area contributed by atoms with E-state index >= 15 is 0 Å². The normalized spacial score (nSPS) is 11.7.